The van der Waals surface area contributed by atoms with Gasteiger partial charge in [-0.3, -0.25) is 0 Å². The highest BCUT2D eigenvalue weighted by Gasteiger charge is 2.30. The zero-order valence-corrected chi connectivity index (χ0v) is 9.61. The summed E-state index contributed by atoms with van der Waals surface area (Å²) in [5.41, 5.74) is 0. The van der Waals surface area contributed by atoms with Gasteiger partial charge in [-0.2, -0.15) is 0 Å². The molecule has 0 aliphatic carbocycles. The van der Waals surface area contributed by atoms with Crippen molar-refractivity contribution in [2.24, 2.45) is 0 Å². The number of hydrogen-bond acceptors (Lipinski definition) is 1. The number of aromatic amines is 1. The molecule has 3 heteroatoms. The molecule has 0 amide bonds. The molecule has 0 spiro atoms. The lowest BCUT2D eigenvalue weighted by molar-refractivity contribution is 0.288. The molecule has 0 aromatic carbocycles. The van der Waals surface area contributed by atoms with Crippen LogP contribution in [-0.4, -0.2) is 30.1 Å². The van der Waals surface area contributed by atoms with Gasteiger partial charge in [0.25, 0.3) is 0 Å². The Bertz CT molecular complexity index is 329. The van der Waals surface area contributed by atoms with Crippen molar-refractivity contribution < 1.29 is 0 Å². The monoisotopic (exact) mass is 206 g/mol. The third kappa shape index (κ3) is 2.07. The fourth-order valence-corrected chi connectivity index (χ4v) is 2.01. The maximum atomic E-state index is 3.29. The van der Waals surface area contributed by atoms with E-state index in [1.807, 2.05) is 6.20 Å². The van der Waals surface area contributed by atoms with Gasteiger partial charge in [0.05, 0.1) is 13.2 Å². The zero-order chi connectivity index (χ0) is 10.7. The molecule has 0 fully saturated rings. The molecule has 1 aromatic rings. The summed E-state index contributed by atoms with van der Waals surface area (Å²) < 4.78 is 0.858. The van der Waals surface area contributed by atoms with Crippen molar-refractivity contribution in [3.8, 4) is 0 Å². The summed E-state index contributed by atoms with van der Waals surface area (Å²) in [6.45, 7) is 4.45. The number of unbranched alkanes of at least 4 members (excludes halogenated alkanes) is 1. The van der Waals surface area contributed by atoms with Gasteiger partial charge >= 0.3 is 0 Å². The Kier molecular flexibility index (Phi) is 2.82. The molecular weight excluding hydrogens is 186 g/mol. The van der Waals surface area contributed by atoms with Crippen molar-refractivity contribution >= 4 is 5.82 Å². The van der Waals surface area contributed by atoms with E-state index >= 15 is 0 Å². The number of aromatic nitrogens is 1. The molecule has 0 bridgehead atoms. The second kappa shape index (κ2) is 4.11. The molecule has 82 valence electrons. The molecule has 0 saturated heterocycles. The third-order valence-electron chi connectivity index (χ3n) is 3.01. The maximum absolute atomic E-state index is 3.29. The van der Waals surface area contributed by atoms with Gasteiger partial charge < -0.3 is 9.88 Å². The predicted molar refractivity (Wildman–Crippen MR) is 64.1 cm³/mol. The standard InChI is InChI=1S/C12H20N3/c1-3-4-8-14-9-10-15(2,11-14)12-6-5-7-13-12/h5-7,9-10,13H,3-4,8,11H2,1-2H3/q+1. The predicted octanol–water partition coefficient (Wildman–Crippen LogP) is 2.50. The average molecular weight is 206 g/mol. The summed E-state index contributed by atoms with van der Waals surface area (Å²) >= 11 is 0. The first kappa shape index (κ1) is 10.3. The topological polar surface area (TPSA) is 19.0 Å². The minimum absolute atomic E-state index is 0.858. The first-order valence-electron chi connectivity index (χ1n) is 5.67. The van der Waals surface area contributed by atoms with Crippen molar-refractivity contribution in [3.63, 3.8) is 0 Å². The van der Waals surface area contributed by atoms with Gasteiger partial charge in [-0.05, 0) is 12.5 Å². The van der Waals surface area contributed by atoms with E-state index in [1.54, 1.807) is 0 Å². The average Bonchev–Trinajstić information content (AvgIpc) is 2.84. The first-order chi connectivity index (χ1) is 7.24. The second-order valence-corrected chi connectivity index (χ2v) is 4.43. The Labute approximate surface area is 91.6 Å². The van der Waals surface area contributed by atoms with Gasteiger partial charge in [0.15, 0.2) is 6.67 Å². The van der Waals surface area contributed by atoms with E-state index in [0.717, 1.165) is 11.2 Å². The molecule has 1 atom stereocenters. The number of nitrogens with one attached hydrogen (secondary N) is 1. The lowest BCUT2D eigenvalue weighted by Crippen LogP contribution is -2.42. The minimum Gasteiger partial charge on any atom is -0.326 e. The smallest absolute Gasteiger partial charge is 0.211 e. The maximum Gasteiger partial charge on any atom is 0.211 e. The molecule has 15 heavy (non-hydrogen) atoms. The van der Waals surface area contributed by atoms with E-state index in [0.29, 0.717) is 0 Å². The number of rotatable bonds is 4. The van der Waals surface area contributed by atoms with Gasteiger partial charge in [0.2, 0.25) is 5.82 Å². The number of H-pyrrole nitrogens is 1. The summed E-state index contributed by atoms with van der Waals surface area (Å²) in [6, 6.07) is 4.20. The van der Waals surface area contributed by atoms with Gasteiger partial charge in [0.1, 0.15) is 6.20 Å². The summed E-state index contributed by atoms with van der Waals surface area (Å²) in [4.78, 5) is 5.68. The van der Waals surface area contributed by atoms with Crippen molar-refractivity contribution in [1.82, 2.24) is 14.4 Å². The molecular formula is C12H20N3+. The molecule has 1 unspecified atom stereocenters. The Hall–Kier alpha value is -1.22. The molecule has 3 nitrogen and oxygen atoms in total. The summed E-state index contributed by atoms with van der Waals surface area (Å²) in [5.74, 6) is 1.25. The fourth-order valence-electron chi connectivity index (χ4n) is 2.01. The molecule has 0 saturated carbocycles. The summed E-state index contributed by atoms with van der Waals surface area (Å²) in [6.07, 6.45) is 8.99. The summed E-state index contributed by atoms with van der Waals surface area (Å²) in [5, 5.41) is 0. The number of nitrogens with zero attached hydrogens (tertiary/aromatic N) is 2. The van der Waals surface area contributed by atoms with E-state index in [4.69, 9.17) is 0 Å². The van der Waals surface area contributed by atoms with Crippen LogP contribution >= 0.6 is 0 Å². The fraction of sp³-hybridized carbons (Fsp3) is 0.500. The van der Waals surface area contributed by atoms with Crippen molar-refractivity contribution in [2.75, 3.05) is 20.3 Å². The van der Waals surface area contributed by atoms with E-state index in [2.05, 4.69) is 48.4 Å². The van der Waals surface area contributed by atoms with Crippen LogP contribution in [-0.2, 0) is 0 Å². The Morgan fingerprint density at radius 3 is 3.07 bits per heavy atom. The summed E-state index contributed by atoms with van der Waals surface area (Å²) in [7, 11) is 2.23. The van der Waals surface area contributed by atoms with Crippen LogP contribution < -0.4 is 4.48 Å². The Morgan fingerprint density at radius 1 is 1.53 bits per heavy atom. The van der Waals surface area contributed by atoms with Crippen molar-refractivity contribution in [2.45, 2.75) is 19.8 Å². The van der Waals surface area contributed by atoms with Crippen LogP contribution in [0.2, 0.25) is 0 Å². The normalized spacial score (nSPS) is 25.1. The van der Waals surface area contributed by atoms with E-state index in [1.165, 1.54) is 25.2 Å². The molecule has 1 N–H and O–H groups in total. The van der Waals surface area contributed by atoms with Gasteiger partial charge in [0, 0.05) is 18.8 Å². The quantitative estimate of drug-likeness (QED) is 0.750. The molecule has 2 rings (SSSR count). The highest BCUT2D eigenvalue weighted by Crippen LogP contribution is 2.24. The minimum atomic E-state index is 0.858. The van der Waals surface area contributed by atoms with Crippen LogP contribution in [0.25, 0.3) is 0 Å². The SMILES string of the molecule is CCCCN1C=C[N+](C)(c2ccc[nH]2)C1. The third-order valence-corrected chi connectivity index (χ3v) is 3.01. The molecule has 1 aliphatic rings. The van der Waals surface area contributed by atoms with Gasteiger partial charge in [-0.25, -0.2) is 4.48 Å². The molecule has 0 radical (unpaired) electrons. The number of hydrogen-bond donors (Lipinski definition) is 1. The highest BCUT2D eigenvalue weighted by atomic mass is 15.5. The molecule has 2 heterocycles. The van der Waals surface area contributed by atoms with Crippen LogP contribution in [0.5, 0.6) is 0 Å². The van der Waals surface area contributed by atoms with Crippen LogP contribution in [0, 0.1) is 0 Å². The van der Waals surface area contributed by atoms with Crippen molar-refractivity contribution in [1.29, 1.82) is 0 Å². The zero-order valence-electron chi connectivity index (χ0n) is 9.61. The lowest BCUT2D eigenvalue weighted by Gasteiger charge is -2.26. The van der Waals surface area contributed by atoms with Crippen LogP contribution in [0.15, 0.2) is 30.7 Å². The Morgan fingerprint density at radius 2 is 2.40 bits per heavy atom. The number of quaternary nitrogens is 1. The van der Waals surface area contributed by atoms with Gasteiger partial charge in [-0.1, -0.05) is 13.3 Å². The van der Waals surface area contributed by atoms with Gasteiger partial charge in [-0.15, -0.1) is 0 Å². The second-order valence-electron chi connectivity index (χ2n) is 4.43. The largest absolute Gasteiger partial charge is 0.326 e. The first-order valence-corrected chi connectivity index (χ1v) is 5.67. The Balaban J connectivity index is 2.00. The van der Waals surface area contributed by atoms with E-state index in [-0.39, 0.29) is 0 Å². The highest BCUT2D eigenvalue weighted by molar-refractivity contribution is 5.38. The van der Waals surface area contributed by atoms with Crippen LogP contribution in [0.3, 0.4) is 0 Å². The van der Waals surface area contributed by atoms with E-state index in [9.17, 15) is 0 Å². The van der Waals surface area contributed by atoms with Crippen LogP contribution in [0.1, 0.15) is 19.8 Å². The van der Waals surface area contributed by atoms with Crippen molar-refractivity contribution in [3.05, 3.63) is 30.7 Å². The molecule has 1 aliphatic heterocycles. The van der Waals surface area contributed by atoms with Crippen LogP contribution in [0.4, 0.5) is 5.82 Å². The lowest BCUT2D eigenvalue weighted by atomic mass is 10.3. The molecule has 1 aromatic heterocycles. The van der Waals surface area contributed by atoms with E-state index < -0.39 is 0 Å².